The molecule has 1 amide bonds. The summed E-state index contributed by atoms with van der Waals surface area (Å²) < 4.78 is 17.0. The molecule has 0 spiro atoms. The molecule has 2 aromatic carbocycles. The van der Waals surface area contributed by atoms with Crippen molar-refractivity contribution < 1.29 is 19.0 Å². The van der Waals surface area contributed by atoms with E-state index in [0.717, 1.165) is 24.3 Å². The van der Waals surface area contributed by atoms with Crippen LogP contribution in [0.5, 0.6) is 17.2 Å². The first-order valence-corrected chi connectivity index (χ1v) is 10.1. The molecule has 0 fully saturated rings. The summed E-state index contributed by atoms with van der Waals surface area (Å²) in [5.74, 6) is 2.05. The number of hydrogen-bond acceptors (Lipinski definition) is 5. The summed E-state index contributed by atoms with van der Waals surface area (Å²) in [6.45, 7) is 6.58. The van der Waals surface area contributed by atoms with Gasteiger partial charge in [0.1, 0.15) is 12.4 Å². The fourth-order valence-corrected chi connectivity index (χ4v) is 3.74. The standard InChI is InChI=1S/C23H30N2O4/c1-5-25(6-2)23(26)17-9-7-8-10-20(17)29-15-19-18-14-22(28-4)21(27-3)13-16(18)11-12-24-19/h7-10,13-14,19,24H,5-6,11-12,15H2,1-4H3. The molecule has 0 aromatic heterocycles. The molecule has 1 aliphatic heterocycles. The summed E-state index contributed by atoms with van der Waals surface area (Å²) in [5.41, 5.74) is 2.96. The van der Waals surface area contributed by atoms with Crippen LogP contribution in [0.4, 0.5) is 0 Å². The van der Waals surface area contributed by atoms with Crippen LogP contribution in [0.2, 0.25) is 0 Å². The predicted molar refractivity (Wildman–Crippen MR) is 113 cm³/mol. The number of methoxy groups -OCH3 is 2. The van der Waals surface area contributed by atoms with Crippen molar-refractivity contribution in [3.63, 3.8) is 0 Å². The number of ether oxygens (including phenoxy) is 3. The van der Waals surface area contributed by atoms with E-state index < -0.39 is 0 Å². The van der Waals surface area contributed by atoms with Crippen molar-refractivity contribution in [3.05, 3.63) is 53.1 Å². The topological polar surface area (TPSA) is 60.0 Å². The molecule has 29 heavy (non-hydrogen) atoms. The van der Waals surface area contributed by atoms with Crippen molar-refractivity contribution in [1.82, 2.24) is 10.2 Å². The minimum absolute atomic E-state index is 0.00555. The molecule has 6 nitrogen and oxygen atoms in total. The number of nitrogens with one attached hydrogen (secondary N) is 1. The summed E-state index contributed by atoms with van der Waals surface area (Å²) in [7, 11) is 3.29. The van der Waals surface area contributed by atoms with Crippen LogP contribution < -0.4 is 19.5 Å². The minimum atomic E-state index is -0.00555. The highest BCUT2D eigenvalue weighted by molar-refractivity contribution is 5.96. The monoisotopic (exact) mass is 398 g/mol. The van der Waals surface area contributed by atoms with Gasteiger partial charge in [-0.3, -0.25) is 4.79 Å². The van der Waals surface area contributed by atoms with Crippen LogP contribution in [-0.4, -0.2) is 51.3 Å². The van der Waals surface area contributed by atoms with E-state index in [9.17, 15) is 4.79 Å². The number of benzene rings is 2. The third-order valence-corrected chi connectivity index (χ3v) is 5.38. The van der Waals surface area contributed by atoms with Gasteiger partial charge in [0.25, 0.3) is 5.91 Å². The van der Waals surface area contributed by atoms with E-state index in [1.165, 1.54) is 5.56 Å². The Morgan fingerprint density at radius 1 is 1.07 bits per heavy atom. The first kappa shape index (κ1) is 21.0. The van der Waals surface area contributed by atoms with Crippen molar-refractivity contribution in [2.45, 2.75) is 26.3 Å². The number of fused-ring (bicyclic) bond motifs is 1. The number of hydrogen-bond donors (Lipinski definition) is 1. The molecule has 1 aliphatic rings. The highest BCUT2D eigenvalue weighted by atomic mass is 16.5. The number of amides is 1. The van der Waals surface area contributed by atoms with Crippen molar-refractivity contribution in [1.29, 1.82) is 0 Å². The summed E-state index contributed by atoms with van der Waals surface area (Å²) in [5, 5.41) is 3.51. The van der Waals surface area contributed by atoms with Gasteiger partial charge in [0.05, 0.1) is 25.8 Å². The molecular formula is C23H30N2O4. The fraction of sp³-hybridized carbons (Fsp3) is 0.435. The maximum atomic E-state index is 12.8. The molecule has 0 radical (unpaired) electrons. The van der Waals surface area contributed by atoms with Gasteiger partial charge in [0.15, 0.2) is 11.5 Å². The van der Waals surface area contributed by atoms with Crippen LogP contribution in [0.15, 0.2) is 36.4 Å². The second kappa shape index (κ2) is 9.65. The largest absolute Gasteiger partial charge is 0.493 e. The van der Waals surface area contributed by atoms with Gasteiger partial charge in [-0.25, -0.2) is 0 Å². The summed E-state index contributed by atoms with van der Waals surface area (Å²) >= 11 is 0. The lowest BCUT2D eigenvalue weighted by atomic mass is 9.94. The van der Waals surface area contributed by atoms with Crippen LogP contribution in [0.1, 0.15) is 41.4 Å². The van der Waals surface area contributed by atoms with Crippen LogP contribution in [-0.2, 0) is 6.42 Å². The Hall–Kier alpha value is -2.73. The number of para-hydroxylation sites is 1. The van der Waals surface area contributed by atoms with Crippen molar-refractivity contribution in [2.75, 3.05) is 40.5 Å². The van der Waals surface area contributed by atoms with Gasteiger partial charge in [-0.15, -0.1) is 0 Å². The molecule has 156 valence electrons. The van der Waals surface area contributed by atoms with Gasteiger partial charge in [0, 0.05) is 13.1 Å². The molecule has 0 saturated carbocycles. The maximum Gasteiger partial charge on any atom is 0.257 e. The lowest BCUT2D eigenvalue weighted by Crippen LogP contribution is -2.34. The Kier molecular flexibility index (Phi) is 6.99. The third-order valence-electron chi connectivity index (χ3n) is 5.38. The van der Waals surface area contributed by atoms with Gasteiger partial charge in [-0.2, -0.15) is 0 Å². The number of carbonyl (C=O) groups is 1. The Bertz CT molecular complexity index is 849. The molecule has 0 aliphatic carbocycles. The Morgan fingerprint density at radius 2 is 1.76 bits per heavy atom. The van der Waals surface area contributed by atoms with E-state index in [1.54, 1.807) is 19.1 Å². The normalized spacial score (nSPS) is 15.4. The molecule has 0 bridgehead atoms. The van der Waals surface area contributed by atoms with Crippen LogP contribution in [0.25, 0.3) is 0 Å². The molecule has 3 rings (SSSR count). The SMILES string of the molecule is CCN(CC)C(=O)c1ccccc1OCC1NCCc2cc(OC)c(OC)cc21. The van der Waals surface area contributed by atoms with E-state index in [4.69, 9.17) is 14.2 Å². The lowest BCUT2D eigenvalue weighted by molar-refractivity contribution is 0.0768. The zero-order chi connectivity index (χ0) is 20.8. The van der Waals surface area contributed by atoms with E-state index in [2.05, 4.69) is 5.32 Å². The van der Waals surface area contributed by atoms with Gasteiger partial charge in [0.2, 0.25) is 0 Å². The smallest absolute Gasteiger partial charge is 0.257 e. The van der Waals surface area contributed by atoms with Gasteiger partial charge in [-0.05, 0) is 62.2 Å². The molecule has 0 saturated heterocycles. The van der Waals surface area contributed by atoms with Crippen molar-refractivity contribution in [2.24, 2.45) is 0 Å². The lowest BCUT2D eigenvalue weighted by Gasteiger charge is -2.28. The Morgan fingerprint density at radius 3 is 2.45 bits per heavy atom. The molecule has 1 N–H and O–H groups in total. The second-order valence-electron chi connectivity index (χ2n) is 6.95. The number of nitrogens with zero attached hydrogens (tertiary/aromatic N) is 1. The Labute approximate surface area is 172 Å². The third kappa shape index (κ3) is 4.48. The number of carbonyl (C=O) groups excluding carboxylic acids is 1. The van der Waals surface area contributed by atoms with E-state index in [-0.39, 0.29) is 11.9 Å². The maximum absolute atomic E-state index is 12.8. The average molecular weight is 399 g/mol. The fourth-order valence-electron chi connectivity index (χ4n) is 3.74. The van der Waals surface area contributed by atoms with Gasteiger partial charge in [-0.1, -0.05) is 12.1 Å². The summed E-state index contributed by atoms with van der Waals surface area (Å²) in [4.78, 5) is 14.6. The van der Waals surface area contributed by atoms with E-state index in [0.29, 0.717) is 36.8 Å². The minimum Gasteiger partial charge on any atom is -0.493 e. The molecule has 1 unspecified atom stereocenters. The van der Waals surface area contributed by atoms with E-state index in [1.807, 2.05) is 50.2 Å². The molecule has 1 atom stereocenters. The van der Waals surface area contributed by atoms with Gasteiger partial charge < -0.3 is 24.4 Å². The van der Waals surface area contributed by atoms with Crippen molar-refractivity contribution >= 4 is 5.91 Å². The van der Waals surface area contributed by atoms with Crippen LogP contribution in [0.3, 0.4) is 0 Å². The van der Waals surface area contributed by atoms with Crippen LogP contribution >= 0.6 is 0 Å². The van der Waals surface area contributed by atoms with Gasteiger partial charge >= 0.3 is 0 Å². The highest BCUT2D eigenvalue weighted by Gasteiger charge is 2.24. The molecular weight excluding hydrogens is 368 g/mol. The Balaban J connectivity index is 1.81. The zero-order valence-electron chi connectivity index (χ0n) is 17.7. The quantitative estimate of drug-likeness (QED) is 0.738. The summed E-state index contributed by atoms with van der Waals surface area (Å²) in [6, 6.07) is 11.5. The first-order chi connectivity index (χ1) is 14.1. The van der Waals surface area contributed by atoms with Crippen LogP contribution in [0, 0.1) is 0 Å². The zero-order valence-corrected chi connectivity index (χ0v) is 17.7. The highest BCUT2D eigenvalue weighted by Crippen LogP contribution is 2.35. The second-order valence-corrected chi connectivity index (χ2v) is 6.95. The average Bonchev–Trinajstić information content (AvgIpc) is 2.77. The van der Waals surface area contributed by atoms with Crippen molar-refractivity contribution in [3.8, 4) is 17.2 Å². The van der Waals surface area contributed by atoms with E-state index >= 15 is 0 Å². The molecule has 2 aromatic rings. The summed E-state index contributed by atoms with van der Waals surface area (Å²) in [6.07, 6.45) is 0.920. The first-order valence-electron chi connectivity index (χ1n) is 10.1. The predicted octanol–water partition coefficient (Wildman–Crippen LogP) is 3.45. The number of rotatable bonds is 8. The molecule has 6 heteroatoms. The molecule has 1 heterocycles.